The van der Waals surface area contributed by atoms with Gasteiger partial charge in [-0.05, 0) is 19.1 Å². The fourth-order valence-corrected chi connectivity index (χ4v) is 4.07. The number of rotatable bonds is 5. The summed E-state index contributed by atoms with van der Waals surface area (Å²) in [5.74, 6) is -0.521. The number of benzene rings is 1. The Morgan fingerprint density at radius 1 is 1.21 bits per heavy atom. The van der Waals surface area contributed by atoms with Gasteiger partial charge in [-0.1, -0.05) is 23.5 Å². The maximum atomic E-state index is 13.9. The molecular formula is C19H24FN5O2S. The van der Waals surface area contributed by atoms with Crippen molar-refractivity contribution in [2.24, 2.45) is 0 Å². The first-order chi connectivity index (χ1) is 13.3. The average Bonchev–Trinajstić information content (AvgIpc) is 3.02. The zero-order chi connectivity index (χ0) is 20.3. The van der Waals surface area contributed by atoms with E-state index in [9.17, 15) is 14.0 Å². The van der Waals surface area contributed by atoms with Crippen molar-refractivity contribution in [3.63, 3.8) is 0 Å². The molecule has 1 aromatic heterocycles. The summed E-state index contributed by atoms with van der Waals surface area (Å²) >= 11 is 1.18. The van der Waals surface area contributed by atoms with Crippen molar-refractivity contribution in [2.45, 2.75) is 6.92 Å². The number of aromatic nitrogens is 1. The number of thiazole rings is 1. The molecule has 0 radical (unpaired) electrons. The van der Waals surface area contributed by atoms with Gasteiger partial charge in [-0.25, -0.2) is 9.37 Å². The van der Waals surface area contributed by atoms with Crippen molar-refractivity contribution in [3.05, 3.63) is 40.7 Å². The lowest BCUT2D eigenvalue weighted by Gasteiger charge is -2.35. The SMILES string of the molecule is Cc1nc(NC(=O)CN2CCN(c3ccccc3F)CC2)sc1C(=O)N(C)C. The van der Waals surface area contributed by atoms with Crippen molar-refractivity contribution in [1.29, 1.82) is 0 Å². The van der Waals surface area contributed by atoms with Gasteiger partial charge in [0.15, 0.2) is 5.13 Å². The van der Waals surface area contributed by atoms with Gasteiger partial charge in [-0.3, -0.25) is 14.5 Å². The minimum atomic E-state index is -0.226. The Bertz CT molecular complexity index is 862. The van der Waals surface area contributed by atoms with Crippen molar-refractivity contribution >= 4 is 34.0 Å². The van der Waals surface area contributed by atoms with E-state index in [2.05, 4.69) is 10.3 Å². The zero-order valence-electron chi connectivity index (χ0n) is 16.2. The van der Waals surface area contributed by atoms with E-state index in [4.69, 9.17) is 0 Å². The number of nitrogens with one attached hydrogen (secondary N) is 1. The summed E-state index contributed by atoms with van der Waals surface area (Å²) in [6, 6.07) is 6.73. The molecular weight excluding hydrogens is 381 g/mol. The van der Waals surface area contributed by atoms with Gasteiger partial charge < -0.3 is 15.1 Å². The van der Waals surface area contributed by atoms with Gasteiger partial charge in [-0.15, -0.1) is 0 Å². The summed E-state index contributed by atoms with van der Waals surface area (Å²) in [6.07, 6.45) is 0. The normalized spacial score (nSPS) is 14.8. The minimum Gasteiger partial charge on any atom is -0.367 e. The van der Waals surface area contributed by atoms with Crippen LogP contribution in [0.5, 0.6) is 0 Å². The highest BCUT2D eigenvalue weighted by atomic mass is 32.1. The maximum Gasteiger partial charge on any atom is 0.265 e. The van der Waals surface area contributed by atoms with E-state index >= 15 is 0 Å². The lowest BCUT2D eigenvalue weighted by Crippen LogP contribution is -2.48. The van der Waals surface area contributed by atoms with Crippen molar-refractivity contribution < 1.29 is 14.0 Å². The van der Waals surface area contributed by atoms with Crippen LogP contribution in [0, 0.1) is 12.7 Å². The van der Waals surface area contributed by atoms with Gasteiger partial charge in [0.1, 0.15) is 10.7 Å². The summed E-state index contributed by atoms with van der Waals surface area (Å²) in [6.45, 7) is 4.65. The zero-order valence-corrected chi connectivity index (χ0v) is 17.1. The van der Waals surface area contributed by atoms with Gasteiger partial charge in [0.25, 0.3) is 5.91 Å². The van der Waals surface area contributed by atoms with Crippen LogP contribution in [-0.4, -0.2) is 73.4 Å². The molecule has 0 atom stereocenters. The van der Waals surface area contributed by atoms with Crippen LogP contribution in [-0.2, 0) is 4.79 Å². The molecule has 1 N–H and O–H groups in total. The van der Waals surface area contributed by atoms with Crippen LogP contribution < -0.4 is 10.2 Å². The molecule has 2 heterocycles. The molecule has 3 rings (SSSR count). The number of aryl methyl sites for hydroxylation is 1. The number of anilines is 2. The Labute approximate surface area is 167 Å². The molecule has 0 bridgehead atoms. The van der Waals surface area contributed by atoms with E-state index in [1.165, 1.54) is 22.3 Å². The molecule has 1 fully saturated rings. The Kier molecular flexibility index (Phi) is 6.25. The molecule has 1 aliphatic rings. The van der Waals surface area contributed by atoms with Crippen LogP contribution in [0.2, 0.25) is 0 Å². The predicted octanol–water partition coefficient (Wildman–Crippen LogP) is 2.05. The Hall–Kier alpha value is -2.52. The molecule has 7 nitrogen and oxygen atoms in total. The maximum absolute atomic E-state index is 13.9. The van der Waals surface area contributed by atoms with Crippen LogP contribution in [0.15, 0.2) is 24.3 Å². The molecule has 1 saturated heterocycles. The Balaban J connectivity index is 1.52. The second-order valence-corrected chi connectivity index (χ2v) is 7.89. The second-order valence-electron chi connectivity index (χ2n) is 6.90. The molecule has 28 heavy (non-hydrogen) atoms. The third-order valence-electron chi connectivity index (χ3n) is 4.58. The summed E-state index contributed by atoms with van der Waals surface area (Å²) in [4.78, 5) is 34.8. The fraction of sp³-hybridized carbons (Fsp3) is 0.421. The van der Waals surface area contributed by atoms with Crippen LogP contribution in [0.1, 0.15) is 15.4 Å². The summed E-state index contributed by atoms with van der Waals surface area (Å²) < 4.78 is 13.9. The van der Waals surface area contributed by atoms with Crippen LogP contribution in [0.4, 0.5) is 15.2 Å². The number of carbonyl (C=O) groups excluding carboxylic acids is 2. The van der Waals surface area contributed by atoms with Crippen molar-refractivity contribution in [2.75, 3.05) is 57.0 Å². The minimum absolute atomic E-state index is 0.125. The van der Waals surface area contributed by atoms with E-state index in [0.717, 1.165) is 0 Å². The molecule has 0 unspecified atom stereocenters. The molecule has 9 heteroatoms. The summed E-state index contributed by atoms with van der Waals surface area (Å²) in [5.41, 5.74) is 1.21. The van der Waals surface area contributed by atoms with Crippen LogP contribution >= 0.6 is 11.3 Å². The highest BCUT2D eigenvalue weighted by molar-refractivity contribution is 7.17. The van der Waals surface area contributed by atoms with Gasteiger partial charge in [-0.2, -0.15) is 0 Å². The summed E-state index contributed by atoms with van der Waals surface area (Å²) in [7, 11) is 3.36. The lowest BCUT2D eigenvalue weighted by molar-refractivity contribution is -0.117. The third kappa shape index (κ3) is 4.66. The van der Waals surface area contributed by atoms with Gasteiger partial charge >= 0.3 is 0 Å². The first kappa shape index (κ1) is 20.2. The highest BCUT2D eigenvalue weighted by Gasteiger charge is 2.22. The molecule has 2 aromatic rings. The van der Waals surface area contributed by atoms with E-state index in [-0.39, 0.29) is 24.2 Å². The van der Waals surface area contributed by atoms with Gasteiger partial charge in [0.2, 0.25) is 5.91 Å². The van der Waals surface area contributed by atoms with E-state index in [1.54, 1.807) is 33.2 Å². The Morgan fingerprint density at radius 3 is 2.54 bits per heavy atom. The monoisotopic (exact) mass is 405 g/mol. The van der Waals surface area contributed by atoms with Crippen LogP contribution in [0.3, 0.4) is 0 Å². The second kappa shape index (κ2) is 8.66. The largest absolute Gasteiger partial charge is 0.367 e. The first-order valence-corrected chi connectivity index (χ1v) is 9.87. The fourth-order valence-electron chi connectivity index (χ4n) is 3.07. The highest BCUT2D eigenvalue weighted by Crippen LogP contribution is 2.24. The third-order valence-corrected chi connectivity index (χ3v) is 5.64. The number of para-hydroxylation sites is 1. The van der Waals surface area contributed by atoms with E-state index < -0.39 is 0 Å². The molecule has 2 amide bonds. The van der Waals surface area contributed by atoms with E-state index in [1.807, 2.05) is 15.9 Å². The van der Waals surface area contributed by atoms with Crippen molar-refractivity contribution in [1.82, 2.24) is 14.8 Å². The molecule has 0 spiro atoms. The number of hydrogen-bond donors (Lipinski definition) is 1. The van der Waals surface area contributed by atoms with Gasteiger partial charge in [0, 0.05) is 40.3 Å². The topological polar surface area (TPSA) is 68.8 Å². The smallest absolute Gasteiger partial charge is 0.265 e. The van der Waals surface area contributed by atoms with Crippen LogP contribution in [0.25, 0.3) is 0 Å². The predicted molar refractivity (Wildman–Crippen MR) is 109 cm³/mol. The average molecular weight is 405 g/mol. The number of carbonyl (C=O) groups is 2. The Morgan fingerprint density at radius 2 is 1.89 bits per heavy atom. The molecule has 1 aliphatic heterocycles. The number of piperazine rings is 1. The molecule has 0 saturated carbocycles. The number of amides is 2. The van der Waals surface area contributed by atoms with Crippen molar-refractivity contribution in [3.8, 4) is 0 Å². The number of nitrogens with zero attached hydrogens (tertiary/aromatic N) is 4. The molecule has 0 aliphatic carbocycles. The quantitative estimate of drug-likeness (QED) is 0.825. The standard InChI is InChI=1S/C19H24FN5O2S/c1-13-17(18(27)23(2)3)28-19(21-13)22-16(26)12-24-8-10-25(11-9-24)15-7-5-4-6-14(15)20/h4-7H,8-12H2,1-3H3,(H,21,22,26). The van der Waals surface area contributed by atoms with Gasteiger partial charge in [0.05, 0.1) is 17.9 Å². The summed E-state index contributed by atoms with van der Waals surface area (Å²) in [5, 5.41) is 3.21. The molecule has 1 aromatic carbocycles. The molecule has 150 valence electrons. The van der Waals surface area contributed by atoms with E-state index in [0.29, 0.717) is 47.6 Å². The first-order valence-electron chi connectivity index (χ1n) is 9.06. The number of hydrogen-bond acceptors (Lipinski definition) is 6. The lowest BCUT2D eigenvalue weighted by atomic mass is 10.2. The number of halogens is 1.